The zero-order chi connectivity index (χ0) is 33.7. The van der Waals surface area contributed by atoms with Crippen molar-refractivity contribution < 1.29 is 4.42 Å². The first kappa shape index (κ1) is 29.2. The number of para-hydroxylation sites is 1. The van der Waals surface area contributed by atoms with Gasteiger partial charge in [-0.2, -0.15) is 0 Å². The summed E-state index contributed by atoms with van der Waals surface area (Å²) >= 11 is 0. The Balaban J connectivity index is 1.16. The van der Waals surface area contributed by atoms with Gasteiger partial charge in [0.15, 0.2) is 0 Å². The maximum Gasteiger partial charge on any atom is 0.136 e. The highest BCUT2D eigenvalue weighted by molar-refractivity contribution is 6.28. The first-order valence-electron chi connectivity index (χ1n) is 17.4. The van der Waals surface area contributed by atoms with Crippen LogP contribution in [0.5, 0.6) is 0 Å². The average Bonchev–Trinajstić information content (AvgIpc) is 3.59. The highest BCUT2D eigenvalue weighted by atomic mass is 16.3. The fourth-order valence-corrected chi connectivity index (χ4v) is 7.57. The van der Waals surface area contributed by atoms with Crippen LogP contribution in [0.2, 0.25) is 0 Å². The predicted octanol–water partition coefficient (Wildman–Crippen LogP) is 13.6. The van der Waals surface area contributed by atoms with E-state index in [2.05, 4.69) is 182 Å². The molecule has 2 heterocycles. The molecule has 51 heavy (non-hydrogen) atoms. The molecule has 10 rings (SSSR count). The third-order valence-corrected chi connectivity index (χ3v) is 10.0. The fourth-order valence-electron chi connectivity index (χ4n) is 7.57. The lowest BCUT2D eigenvalue weighted by Gasteiger charge is -2.13. The van der Waals surface area contributed by atoms with Crippen molar-refractivity contribution in [3.63, 3.8) is 0 Å². The van der Waals surface area contributed by atoms with Crippen LogP contribution in [0.4, 0.5) is 0 Å². The summed E-state index contributed by atoms with van der Waals surface area (Å²) in [5.74, 6) is 0. The number of furan rings is 1. The van der Waals surface area contributed by atoms with Crippen LogP contribution in [-0.4, -0.2) is 4.98 Å². The summed E-state index contributed by atoms with van der Waals surface area (Å²) < 4.78 is 6.53. The van der Waals surface area contributed by atoms with Crippen molar-refractivity contribution in [2.75, 3.05) is 0 Å². The lowest BCUT2D eigenvalue weighted by molar-refractivity contribution is 0.669. The lowest BCUT2D eigenvalue weighted by atomic mass is 9.92. The molecule has 2 nitrogen and oxygen atoms in total. The van der Waals surface area contributed by atoms with Gasteiger partial charge < -0.3 is 4.42 Å². The average molecular weight is 650 g/mol. The zero-order valence-electron chi connectivity index (χ0n) is 27.8. The molecule has 0 aliphatic heterocycles. The lowest BCUT2D eigenvalue weighted by Crippen LogP contribution is -1.90. The molecule has 2 heteroatoms. The molecule has 0 saturated heterocycles. The summed E-state index contributed by atoms with van der Waals surface area (Å²) in [6.07, 6.45) is 0. The van der Waals surface area contributed by atoms with Crippen molar-refractivity contribution in [3.05, 3.63) is 188 Å². The first-order chi connectivity index (χ1) is 25.3. The van der Waals surface area contributed by atoms with E-state index in [1.54, 1.807) is 0 Å². The van der Waals surface area contributed by atoms with Crippen molar-refractivity contribution in [1.29, 1.82) is 0 Å². The summed E-state index contributed by atoms with van der Waals surface area (Å²) in [6.45, 7) is 0. The minimum atomic E-state index is 0.877. The minimum Gasteiger partial charge on any atom is -0.456 e. The van der Waals surface area contributed by atoms with Crippen LogP contribution in [0, 0.1) is 0 Å². The topological polar surface area (TPSA) is 26.0 Å². The number of hydrogen-bond acceptors (Lipinski definition) is 2. The van der Waals surface area contributed by atoms with Gasteiger partial charge in [0.05, 0.1) is 11.2 Å². The highest BCUT2D eigenvalue weighted by Gasteiger charge is 2.18. The van der Waals surface area contributed by atoms with Crippen LogP contribution in [0.15, 0.2) is 192 Å². The number of benzene rings is 8. The van der Waals surface area contributed by atoms with Crippen molar-refractivity contribution in [2.45, 2.75) is 0 Å². The second-order valence-corrected chi connectivity index (χ2v) is 13.1. The summed E-state index contributed by atoms with van der Waals surface area (Å²) in [4.78, 5) is 5.17. The molecule has 0 atom stereocenters. The molecule has 10 aromatic rings. The maximum absolute atomic E-state index is 6.53. The molecular formula is C49H31NO. The Bertz CT molecular complexity index is 2830. The SMILES string of the molecule is c1ccc(-c2cc(-c3ccccc3)cc(-c3cccc(-c4ccc5oc6ccc7c(-c8ccccc8)nc8ccccc8c7c6c5c4)c3)c2)cc1. The molecule has 0 saturated carbocycles. The Morgan fingerprint density at radius 2 is 0.804 bits per heavy atom. The Hall–Kier alpha value is -6.77. The molecule has 8 aromatic carbocycles. The molecule has 2 aromatic heterocycles. The molecule has 0 aliphatic rings. The van der Waals surface area contributed by atoms with Gasteiger partial charge >= 0.3 is 0 Å². The standard InChI is InChI=1S/C49H31NO/c1-4-13-32(14-5-1)38-28-39(33-15-6-2-7-16-33)30-40(29-38)36-20-12-19-35(27-36)37-23-25-45-43(31-37)48-46(51-45)26-24-42-47(48)41-21-10-11-22-44(41)50-49(42)34-17-8-3-9-18-34/h1-31H. The molecule has 0 N–H and O–H groups in total. The Labute approximate surface area is 295 Å². The summed E-state index contributed by atoms with van der Waals surface area (Å²) in [5.41, 5.74) is 14.3. The van der Waals surface area contributed by atoms with E-state index < -0.39 is 0 Å². The van der Waals surface area contributed by atoms with Crippen molar-refractivity contribution >= 4 is 43.6 Å². The molecule has 0 spiro atoms. The van der Waals surface area contributed by atoms with Gasteiger partial charge in [-0.05, 0) is 99.1 Å². The van der Waals surface area contributed by atoms with Gasteiger partial charge in [0.1, 0.15) is 11.2 Å². The normalized spacial score (nSPS) is 11.5. The van der Waals surface area contributed by atoms with E-state index in [1.165, 1.54) is 38.8 Å². The van der Waals surface area contributed by atoms with E-state index in [9.17, 15) is 0 Å². The number of pyridine rings is 1. The van der Waals surface area contributed by atoms with Crippen molar-refractivity contribution in [3.8, 4) is 55.8 Å². The molecule has 238 valence electrons. The van der Waals surface area contributed by atoms with Crippen LogP contribution >= 0.6 is 0 Å². The Kier molecular flexibility index (Phi) is 6.85. The van der Waals surface area contributed by atoms with Gasteiger partial charge in [0, 0.05) is 32.5 Å². The highest BCUT2D eigenvalue weighted by Crippen LogP contribution is 2.42. The first-order valence-corrected chi connectivity index (χ1v) is 17.4. The number of rotatable bonds is 5. The number of fused-ring (bicyclic) bond motifs is 7. The quantitative estimate of drug-likeness (QED) is 0.173. The number of aromatic nitrogens is 1. The molecule has 0 aliphatic carbocycles. The van der Waals surface area contributed by atoms with Gasteiger partial charge in [-0.3, -0.25) is 0 Å². The van der Waals surface area contributed by atoms with E-state index in [0.717, 1.165) is 60.6 Å². The van der Waals surface area contributed by atoms with E-state index >= 15 is 0 Å². The van der Waals surface area contributed by atoms with Gasteiger partial charge in [0.2, 0.25) is 0 Å². The fraction of sp³-hybridized carbons (Fsp3) is 0. The van der Waals surface area contributed by atoms with Crippen LogP contribution in [-0.2, 0) is 0 Å². The molecule has 0 bridgehead atoms. The monoisotopic (exact) mass is 649 g/mol. The Morgan fingerprint density at radius 3 is 1.49 bits per heavy atom. The number of hydrogen-bond donors (Lipinski definition) is 0. The van der Waals surface area contributed by atoms with Crippen LogP contribution in [0.25, 0.3) is 99.4 Å². The van der Waals surface area contributed by atoms with E-state index in [-0.39, 0.29) is 0 Å². The van der Waals surface area contributed by atoms with Crippen LogP contribution in [0.3, 0.4) is 0 Å². The van der Waals surface area contributed by atoms with E-state index in [0.29, 0.717) is 0 Å². The molecule has 0 amide bonds. The van der Waals surface area contributed by atoms with Gasteiger partial charge in [-0.25, -0.2) is 4.98 Å². The van der Waals surface area contributed by atoms with Gasteiger partial charge in [-0.1, -0.05) is 133 Å². The third-order valence-electron chi connectivity index (χ3n) is 10.0. The second kappa shape index (κ2) is 12.0. The van der Waals surface area contributed by atoms with Gasteiger partial charge in [0.25, 0.3) is 0 Å². The summed E-state index contributed by atoms with van der Waals surface area (Å²) in [6, 6.07) is 66.9. The van der Waals surface area contributed by atoms with Crippen molar-refractivity contribution in [2.24, 2.45) is 0 Å². The molecule has 0 radical (unpaired) electrons. The molecule has 0 fully saturated rings. The number of nitrogens with zero attached hydrogens (tertiary/aromatic N) is 1. The molecule has 0 unspecified atom stereocenters. The largest absolute Gasteiger partial charge is 0.456 e. The maximum atomic E-state index is 6.53. The third kappa shape index (κ3) is 5.08. The molecular weight excluding hydrogens is 619 g/mol. The van der Waals surface area contributed by atoms with Gasteiger partial charge in [-0.15, -0.1) is 0 Å². The zero-order valence-corrected chi connectivity index (χ0v) is 27.8. The minimum absolute atomic E-state index is 0.877. The van der Waals surface area contributed by atoms with Crippen molar-refractivity contribution in [1.82, 2.24) is 4.98 Å². The second-order valence-electron chi connectivity index (χ2n) is 13.1. The summed E-state index contributed by atoms with van der Waals surface area (Å²) in [7, 11) is 0. The van der Waals surface area contributed by atoms with E-state index in [1.807, 2.05) is 6.07 Å². The van der Waals surface area contributed by atoms with Crippen LogP contribution in [0.1, 0.15) is 0 Å². The Morgan fingerprint density at radius 1 is 0.294 bits per heavy atom. The predicted molar refractivity (Wildman–Crippen MR) is 214 cm³/mol. The summed E-state index contributed by atoms with van der Waals surface area (Å²) in [5, 5.41) is 5.65. The van der Waals surface area contributed by atoms with E-state index in [4.69, 9.17) is 9.40 Å². The van der Waals surface area contributed by atoms with Crippen LogP contribution < -0.4 is 0 Å². The smallest absolute Gasteiger partial charge is 0.136 e.